The van der Waals surface area contributed by atoms with Gasteiger partial charge in [-0.05, 0) is 44.5 Å². The Balaban J connectivity index is 2.06. The van der Waals surface area contributed by atoms with Crippen LogP contribution in [0.4, 0.5) is 5.69 Å². The van der Waals surface area contributed by atoms with Crippen LogP contribution >= 0.6 is 0 Å². The SMILES string of the molecule is CCOC(=O)c1nn(-c2ccccc2C)c(=O)cc1NC(=O)c1ccc(C)cc1. The van der Waals surface area contributed by atoms with Crippen molar-refractivity contribution in [2.75, 3.05) is 11.9 Å². The molecule has 0 fully saturated rings. The van der Waals surface area contributed by atoms with Gasteiger partial charge in [0.15, 0.2) is 5.69 Å². The standard InChI is InChI=1S/C22H21N3O4/c1-4-29-22(28)20-17(23-21(27)16-11-9-14(2)10-12-16)13-19(26)25(24-20)18-8-6-5-7-15(18)3/h5-13H,4H2,1-3H3,(H,23,27). The second kappa shape index (κ2) is 8.52. The molecule has 0 aliphatic heterocycles. The highest BCUT2D eigenvalue weighted by Crippen LogP contribution is 2.17. The molecule has 3 aromatic rings. The molecule has 0 unspecified atom stereocenters. The number of rotatable bonds is 5. The Morgan fingerprint density at radius 1 is 1.07 bits per heavy atom. The zero-order chi connectivity index (χ0) is 21.0. The van der Waals surface area contributed by atoms with Crippen molar-refractivity contribution in [1.82, 2.24) is 9.78 Å². The van der Waals surface area contributed by atoms with Gasteiger partial charge in [-0.1, -0.05) is 35.9 Å². The second-order valence-corrected chi connectivity index (χ2v) is 6.48. The molecule has 0 saturated carbocycles. The molecule has 148 valence electrons. The van der Waals surface area contributed by atoms with Crippen LogP contribution in [-0.4, -0.2) is 28.3 Å². The van der Waals surface area contributed by atoms with E-state index in [2.05, 4.69) is 10.4 Å². The summed E-state index contributed by atoms with van der Waals surface area (Å²) in [7, 11) is 0. The summed E-state index contributed by atoms with van der Waals surface area (Å²) in [4.78, 5) is 37.7. The van der Waals surface area contributed by atoms with Gasteiger partial charge >= 0.3 is 5.97 Å². The van der Waals surface area contributed by atoms with E-state index in [9.17, 15) is 14.4 Å². The molecule has 0 atom stereocenters. The van der Waals surface area contributed by atoms with Crippen molar-refractivity contribution < 1.29 is 14.3 Å². The molecule has 0 aliphatic rings. The van der Waals surface area contributed by atoms with E-state index >= 15 is 0 Å². The molecular weight excluding hydrogens is 370 g/mol. The first-order valence-electron chi connectivity index (χ1n) is 9.16. The topological polar surface area (TPSA) is 90.3 Å². The summed E-state index contributed by atoms with van der Waals surface area (Å²) in [6.07, 6.45) is 0. The van der Waals surface area contributed by atoms with Crippen LogP contribution in [0.5, 0.6) is 0 Å². The predicted molar refractivity (Wildman–Crippen MR) is 110 cm³/mol. The second-order valence-electron chi connectivity index (χ2n) is 6.48. The van der Waals surface area contributed by atoms with Gasteiger partial charge < -0.3 is 10.1 Å². The lowest BCUT2D eigenvalue weighted by Crippen LogP contribution is -2.27. The van der Waals surface area contributed by atoms with Crippen LogP contribution in [0.25, 0.3) is 5.69 Å². The third-order valence-electron chi connectivity index (χ3n) is 4.31. The van der Waals surface area contributed by atoms with Gasteiger partial charge in [0.05, 0.1) is 18.0 Å². The van der Waals surface area contributed by atoms with Crippen LogP contribution in [0.1, 0.15) is 38.9 Å². The number of ether oxygens (including phenoxy) is 1. The van der Waals surface area contributed by atoms with Crippen LogP contribution in [-0.2, 0) is 4.74 Å². The minimum absolute atomic E-state index is 0.00357. The fourth-order valence-corrected chi connectivity index (χ4v) is 2.77. The number of aryl methyl sites for hydroxylation is 2. The monoisotopic (exact) mass is 391 g/mol. The highest BCUT2D eigenvalue weighted by atomic mass is 16.5. The van der Waals surface area contributed by atoms with Gasteiger partial charge in [0, 0.05) is 11.6 Å². The average molecular weight is 391 g/mol. The largest absolute Gasteiger partial charge is 0.461 e. The van der Waals surface area contributed by atoms with Gasteiger partial charge in [-0.3, -0.25) is 9.59 Å². The molecular formula is C22H21N3O4. The number of carbonyl (C=O) groups excluding carboxylic acids is 2. The Kier molecular flexibility index (Phi) is 5.87. The number of hydrogen-bond donors (Lipinski definition) is 1. The summed E-state index contributed by atoms with van der Waals surface area (Å²) in [6, 6.07) is 15.3. The van der Waals surface area contributed by atoms with Crippen LogP contribution in [0.3, 0.4) is 0 Å². The fourth-order valence-electron chi connectivity index (χ4n) is 2.77. The van der Waals surface area contributed by atoms with Gasteiger partial charge in [0.25, 0.3) is 11.5 Å². The first-order chi connectivity index (χ1) is 13.9. The first-order valence-corrected chi connectivity index (χ1v) is 9.16. The third-order valence-corrected chi connectivity index (χ3v) is 4.31. The van der Waals surface area contributed by atoms with E-state index in [0.717, 1.165) is 15.8 Å². The number of aromatic nitrogens is 2. The number of anilines is 1. The normalized spacial score (nSPS) is 10.4. The number of esters is 1. The van der Waals surface area contributed by atoms with E-state index in [0.29, 0.717) is 11.3 Å². The zero-order valence-electron chi connectivity index (χ0n) is 16.4. The number of benzene rings is 2. The molecule has 0 spiro atoms. The van der Waals surface area contributed by atoms with Crippen molar-refractivity contribution in [3.8, 4) is 5.69 Å². The predicted octanol–water partition coefficient (Wildman–Crippen LogP) is 3.28. The van der Waals surface area contributed by atoms with Crippen molar-refractivity contribution in [1.29, 1.82) is 0 Å². The lowest BCUT2D eigenvalue weighted by Gasteiger charge is -2.13. The smallest absolute Gasteiger partial charge is 0.360 e. The Bertz CT molecular complexity index is 1120. The molecule has 2 aromatic carbocycles. The summed E-state index contributed by atoms with van der Waals surface area (Å²) >= 11 is 0. The van der Waals surface area contributed by atoms with Crippen LogP contribution in [0.2, 0.25) is 0 Å². The van der Waals surface area contributed by atoms with Crippen molar-refractivity contribution >= 4 is 17.6 Å². The highest BCUT2D eigenvalue weighted by molar-refractivity contribution is 6.07. The maximum atomic E-state index is 12.7. The maximum Gasteiger partial charge on any atom is 0.360 e. The van der Waals surface area contributed by atoms with E-state index in [4.69, 9.17) is 4.74 Å². The summed E-state index contributed by atoms with van der Waals surface area (Å²) in [5, 5.41) is 6.80. The van der Waals surface area contributed by atoms with Crippen molar-refractivity contribution in [2.24, 2.45) is 0 Å². The van der Waals surface area contributed by atoms with Crippen LogP contribution in [0.15, 0.2) is 59.4 Å². The van der Waals surface area contributed by atoms with E-state index in [1.54, 1.807) is 43.3 Å². The van der Waals surface area contributed by atoms with Gasteiger partial charge in [0.1, 0.15) is 0 Å². The van der Waals surface area contributed by atoms with Crippen molar-refractivity contribution in [3.63, 3.8) is 0 Å². The molecule has 7 nitrogen and oxygen atoms in total. The lowest BCUT2D eigenvalue weighted by molar-refractivity contribution is 0.0518. The molecule has 1 amide bonds. The summed E-state index contributed by atoms with van der Waals surface area (Å²) < 4.78 is 6.19. The minimum atomic E-state index is -0.728. The Hall–Kier alpha value is -3.74. The Morgan fingerprint density at radius 3 is 2.41 bits per heavy atom. The van der Waals surface area contributed by atoms with Gasteiger partial charge in [0.2, 0.25) is 0 Å². The lowest BCUT2D eigenvalue weighted by atomic mass is 10.1. The molecule has 0 bridgehead atoms. The van der Waals surface area contributed by atoms with Crippen molar-refractivity contribution in [2.45, 2.75) is 20.8 Å². The molecule has 3 rings (SSSR count). The van der Waals surface area contributed by atoms with E-state index in [-0.39, 0.29) is 18.0 Å². The molecule has 0 radical (unpaired) electrons. The third kappa shape index (κ3) is 4.40. The molecule has 29 heavy (non-hydrogen) atoms. The average Bonchev–Trinajstić information content (AvgIpc) is 2.69. The van der Waals surface area contributed by atoms with Crippen molar-refractivity contribution in [3.05, 3.63) is 87.3 Å². The van der Waals surface area contributed by atoms with E-state index < -0.39 is 17.4 Å². The van der Waals surface area contributed by atoms with Crippen LogP contribution in [0, 0.1) is 13.8 Å². The Labute approximate surface area is 168 Å². The zero-order valence-corrected chi connectivity index (χ0v) is 16.4. The number of hydrogen-bond acceptors (Lipinski definition) is 5. The number of nitrogens with zero attached hydrogens (tertiary/aromatic N) is 2. The fraction of sp³-hybridized carbons (Fsp3) is 0.182. The van der Waals surface area contributed by atoms with Gasteiger partial charge in [-0.25, -0.2) is 4.79 Å². The Morgan fingerprint density at radius 2 is 1.76 bits per heavy atom. The first kappa shape index (κ1) is 20.0. The highest BCUT2D eigenvalue weighted by Gasteiger charge is 2.21. The minimum Gasteiger partial charge on any atom is -0.461 e. The van der Waals surface area contributed by atoms with E-state index in [1.165, 1.54) is 6.07 Å². The molecule has 7 heteroatoms. The van der Waals surface area contributed by atoms with Gasteiger partial charge in [-0.15, -0.1) is 0 Å². The van der Waals surface area contributed by atoms with Gasteiger partial charge in [-0.2, -0.15) is 9.78 Å². The molecule has 1 N–H and O–H groups in total. The van der Waals surface area contributed by atoms with Crippen LogP contribution < -0.4 is 10.9 Å². The summed E-state index contributed by atoms with van der Waals surface area (Å²) in [6.45, 7) is 5.55. The quantitative estimate of drug-likeness (QED) is 0.674. The van der Waals surface area contributed by atoms with E-state index in [1.807, 2.05) is 26.0 Å². The number of amides is 1. The molecule has 0 aliphatic carbocycles. The number of carbonyl (C=O) groups is 2. The maximum absolute atomic E-state index is 12.7. The molecule has 0 saturated heterocycles. The molecule has 1 aromatic heterocycles. The summed E-state index contributed by atoms with van der Waals surface area (Å²) in [5.74, 6) is -1.18. The molecule has 1 heterocycles. The number of para-hydroxylation sites is 1. The summed E-state index contributed by atoms with van der Waals surface area (Å²) in [5.41, 5.74) is 2.14. The number of nitrogens with one attached hydrogen (secondary N) is 1.